The molecule has 1 amide bonds. The van der Waals surface area contributed by atoms with Crippen LogP contribution in [0.5, 0.6) is 5.75 Å². The molecular formula is C21H24N2O4. The van der Waals surface area contributed by atoms with Gasteiger partial charge < -0.3 is 19.7 Å². The van der Waals surface area contributed by atoms with Crippen LogP contribution < -0.4 is 15.0 Å². The molecule has 0 radical (unpaired) electrons. The van der Waals surface area contributed by atoms with Crippen molar-refractivity contribution in [2.24, 2.45) is 0 Å². The molecule has 6 nitrogen and oxygen atoms in total. The molecule has 0 aromatic heterocycles. The number of ether oxygens (including phenoxy) is 2. The van der Waals surface area contributed by atoms with Crippen LogP contribution in [-0.4, -0.2) is 44.1 Å². The minimum Gasteiger partial charge on any atom is -0.481 e. The summed E-state index contributed by atoms with van der Waals surface area (Å²) in [6, 6.07) is 14.5. The van der Waals surface area contributed by atoms with E-state index in [9.17, 15) is 9.59 Å². The molecule has 1 aliphatic rings. The number of anilines is 2. The molecule has 2 aromatic rings. The van der Waals surface area contributed by atoms with E-state index in [2.05, 4.69) is 10.2 Å². The Kier molecular flexibility index (Phi) is 6.08. The number of rotatable bonds is 6. The van der Waals surface area contributed by atoms with Crippen LogP contribution in [0.3, 0.4) is 0 Å². The fourth-order valence-corrected chi connectivity index (χ4v) is 2.85. The Labute approximate surface area is 159 Å². The molecule has 1 saturated heterocycles. The number of ketones is 1. The molecule has 142 valence electrons. The number of amides is 1. The predicted octanol–water partition coefficient (Wildman–Crippen LogP) is 3.13. The first-order valence-corrected chi connectivity index (χ1v) is 9.04. The molecule has 1 N–H and O–H groups in total. The lowest BCUT2D eigenvalue weighted by Gasteiger charge is -2.29. The van der Waals surface area contributed by atoms with E-state index in [1.807, 2.05) is 24.3 Å². The Hall–Kier alpha value is -2.86. The largest absolute Gasteiger partial charge is 0.481 e. The molecule has 0 bridgehead atoms. The lowest BCUT2D eigenvalue weighted by Crippen LogP contribution is -2.36. The lowest BCUT2D eigenvalue weighted by molar-refractivity contribution is -0.122. The van der Waals surface area contributed by atoms with Crippen molar-refractivity contribution >= 4 is 23.1 Å². The van der Waals surface area contributed by atoms with Gasteiger partial charge in [-0.1, -0.05) is 0 Å². The zero-order valence-electron chi connectivity index (χ0n) is 15.6. The van der Waals surface area contributed by atoms with Crippen LogP contribution in [0.15, 0.2) is 48.5 Å². The van der Waals surface area contributed by atoms with E-state index >= 15 is 0 Å². The number of Topliss-reactive ketones (excluding diaryl/α,β-unsaturated/α-hetero) is 1. The van der Waals surface area contributed by atoms with Crippen LogP contribution in [0.4, 0.5) is 11.4 Å². The molecule has 6 heteroatoms. The number of hydrogen-bond donors (Lipinski definition) is 1. The summed E-state index contributed by atoms with van der Waals surface area (Å²) in [6.45, 7) is 6.42. The fraction of sp³-hybridized carbons (Fsp3) is 0.333. The summed E-state index contributed by atoms with van der Waals surface area (Å²) in [7, 11) is 0. The normalized spacial score (nSPS) is 15.1. The van der Waals surface area contributed by atoms with Gasteiger partial charge in [-0.25, -0.2) is 0 Å². The molecule has 1 heterocycles. The Balaban J connectivity index is 1.55. The summed E-state index contributed by atoms with van der Waals surface area (Å²) in [4.78, 5) is 25.9. The maximum atomic E-state index is 12.4. The molecule has 1 fully saturated rings. The highest BCUT2D eigenvalue weighted by Gasteiger charge is 2.16. The Morgan fingerprint density at radius 1 is 1.04 bits per heavy atom. The zero-order chi connectivity index (χ0) is 19.2. The van der Waals surface area contributed by atoms with Crippen molar-refractivity contribution in [3.63, 3.8) is 0 Å². The third kappa shape index (κ3) is 5.08. The first-order valence-electron chi connectivity index (χ1n) is 9.04. The monoisotopic (exact) mass is 368 g/mol. The van der Waals surface area contributed by atoms with Crippen molar-refractivity contribution < 1.29 is 19.1 Å². The summed E-state index contributed by atoms with van der Waals surface area (Å²) < 4.78 is 11.0. The maximum absolute atomic E-state index is 12.4. The first kappa shape index (κ1) is 18.9. The van der Waals surface area contributed by atoms with Gasteiger partial charge in [0.2, 0.25) is 0 Å². The van der Waals surface area contributed by atoms with Crippen molar-refractivity contribution in [2.75, 3.05) is 36.5 Å². The molecule has 2 aromatic carbocycles. The van der Waals surface area contributed by atoms with Crippen LogP contribution in [-0.2, 0) is 9.53 Å². The van der Waals surface area contributed by atoms with Gasteiger partial charge in [0.1, 0.15) is 5.75 Å². The van der Waals surface area contributed by atoms with Gasteiger partial charge in [-0.15, -0.1) is 0 Å². The highest BCUT2D eigenvalue weighted by Crippen LogP contribution is 2.20. The molecule has 27 heavy (non-hydrogen) atoms. The van der Waals surface area contributed by atoms with Crippen LogP contribution >= 0.6 is 0 Å². The van der Waals surface area contributed by atoms with E-state index in [1.165, 1.54) is 6.92 Å². The average molecular weight is 368 g/mol. The highest BCUT2D eigenvalue weighted by molar-refractivity contribution is 5.95. The molecule has 1 aliphatic heterocycles. The summed E-state index contributed by atoms with van der Waals surface area (Å²) in [6.07, 6.45) is -0.660. The number of nitrogens with one attached hydrogen (secondary N) is 1. The van der Waals surface area contributed by atoms with Crippen LogP contribution in [0.25, 0.3) is 0 Å². The molecule has 0 saturated carbocycles. The number of benzene rings is 2. The number of hydrogen-bond acceptors (Lipinski definition) is 5. The van der Waals surface area contributed by atoms with Crippen LogP contribution in [0, 0.1) is 0 Å². The van der Waals surface area contributed by atoms with Gasteiger partial charge in [0, 0.05) is 30.0 Å². The number of morpholine rings is 1. The second kappa shape index (κ2) is 8.68. The first-order chi connectivity index (χ1) is 13.0. The van der Waals surface area contributed by atoms with Crippen LogP contribution in [0.2, 0.25) is 0 Å². The minimum absolute atomic E-state index is 0.00660. The van der Waals surface area contributed by atoms with Crippen molar-refractivity contribution in [1.29, 1.82) is 0 Å². The number of carbonyl (C=O) groups excluding carboxylic acids is 2. The summed E-state index contributed by atoms with van der Waals surface area (Å²) >= 11 is 0. The third-order valence-electron chi connectivity index (χ3n) is 4.45. The van der Waals surface area contributed by atoms with Gasteiger partial charge >= 0.3 is 0 Å². The van der Waals surface area contributed by atoms with E-state index in [0.717, 1.165) is 37.7 Å². The second-order valence-electron chi connectivity index (χ2n) is 6.48. The van der Waals surface area contributed by atoms with Crippen molar-refractivity contribution in [1.82, 2.24) is 0 Å². The fourth-order valence-electron chi connectivity index (χ4n) is 2.85. The third-order valence-corrected chi connectivity index (χ3v) is 4.45. The molecule has 1 unspecified atom stereocenters. The number of nitrogens with zero attached hydrogens (tertiary/aromatic N) is 1. The Bertz CT molecular complexity index is 781. The topological polar surface area (TPSA) is 67.9 Å². The summed E-state index contributed by atoms with van der Waals surface area (Å²) in [5.41, 5.74) is 2.45. The average Bonchev–Trinajstić information content (AvgIpc) is 2.69. The van der Waals surface area contributed by atoms with Crippen molar-refractivity contribution in [2.45, 2.75) is 20.0 Å². The lowest BCUT2D eigenvalue weighted by atomic mass is 10.1. The van der Waals surface area contributed by atoms with Crippen molar-refractivity contribution in [3.8, 4) is 5.75 Å². The second-order valence-corrected chi connectivity index (χ2v) is 6.48. The highest BCUT2D eigenvalue weighted by atomic mass is 16.5. The van der Waals surface area contributed by atoms with E-state index in [1.54, 1.807) is 31.2 Å². The number of carbonyl (C=O) groups is 2. The quantitative estimate of drug-likeness (QED) is 0.794. The SMILES string of the molecule is CC(=O)c1ccc(OC(C)C(=O)Nc2ccc(N3CCOCC3)cc2)cc1. The van der Waals surface area contributed by atoms with E-state index in [-0.39, 0.29) is 11.7 Å². The molecule has 1 atom stereocenters. The molecule has 3 rings (SSSR count). The van der Waals surface area contributed by atoms with Gasteiger partial charge in [0.05, 0.1) is 13.2 Å². The maximum Gasteiger partial charge on any atom is 0.265 e. The van der Waals surface area contributed by atoms with Gasteiger partial charge in [0.15, 0.2) is 11.9 Å². The van der Waals surface area contributed by atoms with Gasteiger partial charge in [-0.05, 0) is 62.4 Å². The Morgan fingerprint density at radius 2 is 1.67 bits per heavy atom. The van der Waals surface area contributed by atoms with E-state index < -0.39 is 6.10 Å². The van der Waals surface area contributed by atoms with Gasteiger partial charge in [-0.2, -0.15) is 0 Å². The summed E-state index contributed by atoms with van der Waals surface area (Å²) in [5, 5.41) is 2.86. The van der Waals surface area contributed by atoms with E-state index in [4.69, 9.17) is 9.47 Å². The standard InChI is InChI=1S/C21H24N2O4/c1-15(24)17-3-9-20(10-4-17)27-16(2)21(25)22-18-5-7-19(8-6-18)23-11-13-26-14-12-23/h3-10,16H,11-14H2,1-2H3,(H,22,25). The minimum atomic E-state index is -0.660. The van der Waals surface area contributed by atoms with Crippen LogP contribution in [0.1, 0.15) is 24.2 Å². The van der Waals surface area contributed by atoms with E-state index in [0.29, 0.717) is 11.3 Å². The van der Waals surface area contributed by atoms with Gasteiger partial charge in [0.25, 0.3) is 5.91 Å². The predicted molar refractivity (Wildman–Crippen MR) is 105 cm³/mol. The molecule has 0 spiro atoms. The van der Waals surface area contributed by atoms with Gasteiger partial charge in [-0.3, -0.25) is 9.59 Å². The smallest absolute Gasteiger partial charge is 0.265 e. The Morgan fingerprint density at radius 3 is 2.26 bits per heavy atom. The summed E-state index contributed by atoms with van der Waals surface area (Å²) in [5.74, 6) is 0.308. The van der Waals surface area contributed by atoms with Crippen molar-refractivity contribution in [3.05, 3.63) is 54.1 Å². The zero-order valence-corrected chi connectivity index (χ0v) is 15.6. The molecular weight excluding hydrogens is 344 g/mol. The molecule has 0 aliphatic carbocycles.